The standard InChI is InChI=1S/C11H14BrN/c12-9-4-1-3-8(7-9)10-5-2-6-11(10)13/h1,3-4,7,10-11H,2,5-6,13H2/t10-,11-/m0/s1. The Balaban J connectivity index is 2.24. The van der Waals surface area contributed by atoms with Crippen molar-refractivity contribution in [1.82, 2.24) is 0 Å². The average Bonchev–Trinajstić information content (AvgIpc) is 2.51. The van der Waals surface area contributed by atoms with Crippen LogP contribution in [0, 0.1) is 0 Å². The van der Waals surface area contributed by atoms with Gasteiger partial charge in [-0.25, -0.2) is 0 Å². The Labute approximate surface area is 87.5 Å². The van der Waals surface area contributed by atoms with Crippen molar-refractivity contribution in [2.75, 3.05) is 0 Å². The number of halogens is 1. The molecule has 0 unspecified atom stereocenters. The van der Waals surface area contributed by atoms with Gasteiger partial charge in [-0.1, -0.05) is 34.5 Å². The van der Waals surface area contributed by atoms with Crippen molar-refractivity contribution in [2.45, 2.75) is 31.2 Å². The van der Waals surface area contributed by atoms with Gasteiger partial charge in [-0.15, -0.1) is 0 Å². The van der Waals surface area contributed by atoms with Crippen LogP contribution in [0.15, 0.2) is 28.7 Å². The minimum Gasteiger partial charge on any atom is -0.327 e. The van der Waals surface area contributed by atoms with Gasteiger partial charge in [-0.05, 0) is 36.5 Å². The molecule has 1 aromatic rings. The number of benzene rings is 1. The van der Waals surface area contributed by atoms with E-state index in [1.165, 1.54) is 24.8 Å². The lowest BCUT2D eigenvalue weighted by molar-refractivity contribution is 0.613. The van der Waals surface area contributed by atoms with E-state index >= 15 is 0 Å². The highest BCUT2D eigenvalue weighted by Gasteiger charge is 2.25. The number of nitrogens with two attached hydrogens (primary N) is 1. The summed E-state index contributed by atoms with van der Waals surface area (Å²) in [5, 5.41) is 0. The predicted octanol–water partition coefficient (Wildman–Crippen LogP) is 3.04. The summed E-state index contributed by atoms with van der Waals surface area (Å²) in [5.74, 6) is 0.581. The maximum absolute atomic E-state index is 6.05. The van der Waals surface area contributed by atoms with Crippen LogP contribution < -0.4 is 5.73 Å². The van der Waals surface area contributed by atoms with Crippen LogP contribution in [0.25, 0.3) is 0 Å². The molecule has 1 saturated carbocycles. The first-order valence-electron chi connectivity index (χ1n) is 4.78. The second kappa shape index (κ2) is 3.81. The molecule has 1 aromatic carbocycles. The minimum atomic E-state index is 0.370. The highest BCUT2D eigenvalue weighted by atomic mass is 79.9. The third kappa shape index (κ3) is 1.94. The molecule has 70 valence electrons. The lowest BCUT2D eigenvalue weighted by Gasteiger charge is -2.15. The first-order chi connectivity index (χ1) is 6.27. The van der Waals surface area contributed by atoms with Crippen LogP contribution in [-0.2, 0) is 0 Å². The van der Waals surface area contributed by atoms with E-state index in [0.29, 0.717) is 12.0 Å². The number of rotatable bonds is 1. The van der Waals surface area contributed by atoms with Crippen LogP contribution in [0.3, 0.4) is 0 Å². The van der Waals surface area contributed by atoms with E-state index in [1.807, 2.05) is 0 Å². The summed E-state index contributed by atoms with van der Waals surface area (Å²) in [7, 11) is 0. The van der Waals surface area contributed by atoms with Crippen molar-refractivity contribution in [3.05, 3.63) is 34.3 Å². The molecule has 0 saturated heterocycles. The molecule has 1 aliphatic carbocycles. The highest BCUT2D eigenvalue weighted by Crippen LogP contribution is 2.34. The Kier molecular flexibility index (Phi) is 2.70. The van der Waals surface area contributed by atoms with Crippen LogP contribution in [0.2, 0.25) is 0 Å². The molecule has 1 fully saturated rings. The van der Waals surface area contributed by atoms with E-state index < -0.39 is 0 Å². The molecule has 0 aliphatic heterocycles. The fourth-order valence-electron chi connectivity index (χ4n) is 2.14. The van der Waals surface area contributed by atoms with Gasteiger partial charge in [0, 0.05) is 10.5 Å². The summed E-state index contributed by atoms with van der Waals surface area (Å²) in [5.41, 5.74) is 7.43. The van der Waals surface area contributed by atoms with Crippen molar-refractivity contribution in [1.29, 1.82) is 0 Å². The zero-order valence-electron chi connectivity index (χ0n) is 7.54. The Morgan fingerprint density at radius 2 is 2.15 bits per heavy atom. The molecule has 1 aliphatic rings. The van der Waals surface area contributed by atoms with E-state index in [4.69, 9.17) is 5.73 Å². The second-order valence-electron chi connectivity index (χ2n) is 3.76. The van der Waals surface area contributed by atoms with Gasteiger partial charge in [0.05, 0.1) is 0 Å². The molecule has 2 rings (SSSR count). The second-order valence-corrected chi connectivity index (χ2v) is 4.67. The maximum Gasteiger partial charge on any atom is 0.0178 e. The molecule has 1 nitrogen and oxygen atoms in total. The van der Waals surface area contributed by atoms with E-state index in [0.717, 1.165) is 4.47 Å². The summed E-state index contributed by atoms with van der Waals surface area (Å²) in [6.45, 7) is 0. The topological polar surface area (TPSA) is 26.0 Å². The van der Waals surface area contributed by atoms with E-state index in [1.54, 1.807) is 0 Å². The Morgan fingerprint density at radius 3 is 2.77 bits per heavy atom. The third-order valence-corrected chi connectivity index (χ3v) is 3.34. The fourth-order valence-corrected chi connectivity index (χ4v) is 2.56. The number of hydrogen-bond acceptors (Lipinski definition) is 1. The molecule has 2 N–H and O–H groups in total. The normalized spacial score (nSPS) is 27.8. The molecule has 0 radical (unpaired) electrons. The van der Waals surface area contributed by atoms with Crippen LogP contribution >= 0.6 is 15.9 Å². The maximum atomic E-state index is 6.05. The summed E-state index contributed by atoms with van der Waals surface area (Å²) in [6.07, 6.45) is 3.70. The SMILES string of the molecule is N[C@H]1CCC[C@H]1c1cccc(Br)c1. The van der Waals surface area contributed by atoms with Gasteiger partial charge in [-0.2, -0.15) is 0 Å². The molecule has 2 heteroatoms. The van der Waals surface area contributed by atoms with Gasteiger partial charge in [0.1, 0.15) is 0 Å². The molecule has 0 aromatic heterocycles. The average molecular weight is 240 g/mol. The Morgan fingerprint density at radius 1 is 1.31 bits per heavy atom. The van der Waals surface area contributed by atoms with Crippen molar-refractivity contribution < 1.29 is 0 Å². The van der Waals surface area contributed by atoms with Gasteiger partial charge in [0.2, 0.25) is 0 Å². The molecule has 2 atom stereocenters. The lowest BCUT2D eigenvalue weighted by Crippen LogP contribution is -2.22. The molecule has 0 bridgehead atoms. The fraction of sp³-hybridized carbons (Fsp3) is 0.455. The summed E-state index contributed by atoms with van der Waals surface area (Å²) < 4.78 is 1.16. The number of hydrogen-bond donors (Lipinski definition) is 1. The molecular formula is C11H14BrN. The van der Waals surface area contributed by atoms with Crippen LogP contribution in [0.5, 0.6) is 0 Å². The first kappa shape index (κ1) is 9.22. The van der Waals surface area contributed by atoms with E-state index in [2.05, 4.69) is 40.2 Å². The van der Waals surface area contributed by atoms with Crippen molar-refractivity contribution in [3.8, 4) is 0 Å². The molecule has 0 spiro atoms. The van der Waals surface area contributed by atoms with Crippen molar-refractivity contribution in [2.24, 2.45) is 5.73 Å². The summed E-state index contributed by atoms with van der Waals surface area (Å²) >= 11 is 3.49. The minimum absolute atomic E-state index is 0.370. The van der Waals surface area contributed by atoms with Crippen LogP contribution in [0.4, 0.5) is 0 Å². The van der Waals surface area contributed by atoms with Crippen LogP contribution in [-0.4, -0.2) is 6.04 Å². The van der Waals surface area contributed by atoms with Crippen molar-refractivity contribution >= 4 is 15.9 Å². The van der Waals surface area contributed by atoms with Gasteiger partial charge >= 0.3 is 0 Å². The monoisotopic (exact) mass is 239 g/mol. The molecule has 0 amide bonds. The van der Waals surface area contributed by atoms with E-state index in [-0.39, 0.29) is 0 Å². The quantitative estimate of drug-likeness (QED) is 0.802. The lowest BCUT2D eigenvalue weighted by atomic mass is 9.95. The molecular weight excluding hydrogens is 226 g/mol. The molecule has 13 heavy (non-hydrogen) atoms. The molecule has 0 heterocycles. The van der Waals surface area contributed by atoms with Crippen LogP contribution in [0.1, 0.15) is 30.7 Å². The van der Waals surface area contributed by atoms with Gasteiger partial charge < -0.3 is 5.73 Å². The van der Waals surface area contributed by atoms with Gasteiger partial charge in [-0.3, -0.25) is 0 Å². The Hall–Kier alpha value is -0.340. The largest absolute Gasteiger partial charge is 0.327 e. The first-order valence-corrected chi connectivity index (χ1v) is 5.58. The van der Waals surface area contributed by atoms with E-state index in [9.17, 15) is 0 Å². The third-order valence-electron chi connectivity index (χ3n) is 2.85. The smallest absolute Gasteiger partial charge is 0.0178 e. The summed E-state index contributed by atoms with van der Waals surface area (Å²) in [6, 6.07) is 8.89. The van der Waals surface area contributed by atoms with Gasteiger partial charge in [0.25, 0.3) is 0 Å². The summed E-state index contributed by atoms with van der Waals surface area (Å²) in [4.78, 5) is 0. The highest BCUT2D eigenvalue weighted by molar-refractivity contribution is 9.10. The Bertz CT molecular complexity index is 298. The van der Waals surface area contributed by atoms with Crippen molar-refractivity contribution in [3.63, 3.8) is 0 Å². The zero-order valence-corrected chi connectivity index (χ0v) is 9.13. The zero-order chi connectivity index (χ0) is 9.26. The predicted molar refractivity (Wildman–Crippen MR) is 58.7 cm³/mol. The van der Waals surface area contributed by atoms with Gasteiger partial charge in [0.15, 0.2) is 0 Å².